The number of amides is 1. The summed E-state index contributed by atoms with van der Waals surface area (Å²) in [6.45, 7) is 13.1. The van der Waals surface area contributed by atoms with Crippen molar-refractivity contribution in [1.29, 1.82) is 0 Å². The molecule has 0 aromatic heterocycles. The number of anilines is 1. The van der Waals surface area contributed by atoms with Crippen molar-refractivity contribution >= 4 is 11.6 Å². The van der Waals surface area contributed by atoms with E-state index in [1.54, 1.807) is 0 Å². The van der Waals surface area contributed by atoms with Crippen LogP contribution in [0.1, 0.15) is 64.2 Å². The lowest BCUT2D eigenvalue weighted by molar-refractivity contribution is -0.120. The zero-order valence-electron chi connectivity index (χ0n) is 15.2. The third-order valence-corrected chi connectivity index (χ3v) is 5.96. The van der Waals surface area contributed by atoms with Gasteiger partial charge in [0.15, 0.2) is 0 Å². The van der Waals surface area contributed by atoms with E-state index in [1.165, 1.54) is 16.7 Å². The number of hydrogen-bond donors (Lipinski definition) is 1. The zero-order valence-corrected chi connectivity index (χ0v) is 15.2. The van der Waals surface area contributed by atoms with Crippen LogP contribution in [0.25, 0.3) is 0 Å². The predicted octanol–water partition coefficient (Wildman–Crippen LogP) is 3.69. The van der Waals surface area contributed by atoms with Gasteiger partial charge in [-0.2, -0.15) is 0 Å². The van der Waals surface area contributed by atoms with Crippen molar-refractivity contribution in [1.82, 2.24) is 0 Å². The molecule has 1 heterocycles. The van der Waals surface area contributed by atoms with Crippen LogP contribution in [0, 0.1) is 12.8 Å². The van der Waals surface area contributed by atoms with Crippen LogP contribution >= 0.6 is 0 Å². The van der Waals surface area contributed by atoms with Crippen molar-refractivity contribution in [2.24, 2.45) is 5.92 Å². The molecule has 3 nitrogen and oxygen atoms in total. The van der Waals surface area contributed by atoms with Gasteiger partial charge in [0.1, 0.15) is 0 Å². The van der Waals surface area contributed by atoms with Crippen molar-refractivity contribution in [3.63, 3.8) is 0 Å². The first-order chi connectivity index (χ1) is 10.6. The molecule has 0 unspecified atom stereocenters. The smallest absolute Gasteiger partial charge is 0.228 e. The third-order valence-electron chi connectivity index (χ3n) is 5.96. The van der Waals surface area contributed by atoms with E-state index in [2.05, 4.69) is 53.7 Å². The van der Waals surface area contributed by atoms with Gasteiger partial charge in [0.25, 0.3) is 0 Å². The quantitative estimate of drug-likeness (QED) is 0.924. The Morgan fingerprint density at radius 2 is 1.91 bits per heavy atom. The molecular weight excluding hydrogens is 286 g/mol. The molecule has 2 aliphatic rings. The summed E-state index contributed by atoms with van der Waals surface area (Å²) in [5, 5.41) is 9.53. The summed E-state index contributed by atoms with van der Waals surface area (Å²) in [7, 11) is 0. The number of aryl methyl sites for hydroxylation is 1. The second-order valence-electron chi connectivity index (χ2n) is 8.60. The van der Waals surface area contributed by atoms with Crippen LogP contribution in [0.4, 0.5) is 5.69 Å². The van der Waals surface area contributed by atoms with Gasteiger partial charge in [-0.25, -0.2) is 0 Å². The van der Waals surface area contributed by atoms with Gasteiger partial charge in [-0.1, -0.05) is 26.8 Å². The average Bonchev–Trinajstić information content (AvgIpc) is 3.08. The molecule has 0 saturated heterocycles. The molecule has 3 heteroatoms. The molecule has 0 bridgehead atoms. The maximum atomic E-state index is 12.6. The van der Waals surface area contributed by atoms with Gasteiger partial charge in [-0.15, -0.1) is 0 Å². The number of carbonyl (C=O) groups is 1. The van der Waals surface area contributed by atoms with E-state index < -0.39 is 0 Å². The van der Waals surface area contributed by atoms with Gasteiger partial charge in [-0.05, 0) is 61.3 Å². The Balaban J connectivity index is 2.16. The standard InChI is InChI=1S/C20H29NO2/c1-12(2)21-17-7-13(3)15(20(6)9-14(20)11-22)8-16(17)19(4,5)10-18(21)23/h7-8,12,14,22H,9-11H2,1-6H3/t14-,20-/m0/s1. The Kier molecular flexibility index (Phi) is 3.64. The number of carbonyl (C=O) groups excluding carboxylic acids is 1. The van der Waals surface area contributed by atoms with Crippen molar-refractivity contribution in [3.05, 3.63) is 28.8 Å². The van der Waals surface area contributed by atoms with E-state index in [0.717, 1.165) is 12.1 Å². The number of benzene rings is 1. The lowest BCUT2D eigenvalue weighted by atomic mass is 9.74. The predicted molar refractivity (Wildman–Crippen MR) is 94.0 cm³/mol. The van der Waals surface area contributed by atoms with Crippen LogP contribution in [-0.2, 0) is 15.6 Å². The number of hydrogen-bond acceptors (Lipinski definition) is 2. The molecule has 1 fully saturated rings. The van der Waals surface area contributed by atoms with E-state index in [4.69, 9.17) is 0 Å². The second-order valence-corrected chi connectivity index (χ2v) is 8.60. The minimum atomic E-state index is -0.139. The maximum Gasteiger partial charge on any atom is 0.228 e. The van der Waals surface area contributed by atoms with E-state index in [-0.39, 0.29) is 29.4 Å². The average molecular weight is 315 g/mol. The highest BCUT2D eigenvalue weighted by molar-refractivity contribution is 5.98. The van der Waals surface area contributed by atoms with Gasteiger partial charge in [0.2, 0.25) is 5.91 Å². The molecule has 0 radical (unpaired) electrons. The van der Waals surface area contributed by atoms with E-state index in [0.29, 0.717) is 12.3 Å². The number of rotatable bonds is 3. The summed E-state index contributed by atoms with van der Waals surface area (Å²) in [6.07, 6.45) is 1.61. The topological polar surface area (TPSA) is 40.5 Å². The summed E-state index contributed by atoms with van der Waals surface area (Å²) in [5.74, 6) is 0.587. The Hall–Kier alpha value is -1.35. The highest BCUT2D eigenvalue weighted by atomic mass is 16.3. The Morgan fingerprint density at radius 1 is 1.26 bits per heavy atom. The first kappa shape index (κ1) is 16.5. The minimum absolute atomic E-state index is 0.0913. The summed E-state index contributed by atoms with van der Waals surface area (Å²) >= 11 is 0. The molecule has 3 rings (SSSR count). The van der Waals surface area contributed by atoms with Crippen LogP contribution in [0.2, 0.25) is 0 Å². The molecule has 2 atom stereocenters. The molecule has 0 spiro atoms. The van der Waals surface area contributed by atoms with Gasteiger partial charge in [-0.3, -0.25) is 4.79 Å². The lowest BCUT2D eigenvalue weighted by Gasteiger charge is -2.41. The Morgan fingerprint density at radius 3 is 2.43 bits per heavy atom. The highest BCUT2D eigenvalue weighted by Gasteiger charge is 2.52. The fourth-order valence-electron chi connectivity index (χ4n) is 4.36. The number of aliphatic hydroxyl groups is 1. The second kappa shape index (κ2) is 5.07. The first-order valence-corrected chi connectivity index (χ1v) is 8.70. The van der Waals surface area contributed by atoms with E-state index >= 15 is 0 Å². The van der Waals surface area contributed by atoms with Gasteiger partial charge in [0.05, 0.1) is 0 Å². The lowest BCUT2D eigenvalue weighted by Crippen LogP contribution is -2.45. The van der Waals surface area contributed by atoms with Gasteiger partial charge in [0, 0.05) is 30.2 Å². The Bertz CT molecular complexity index is 662. The summed E-state index contributed by atoms with van der Waals surface area (Å²) in [5.41, 5.74) is 4.89. The van der Waals surface area contributed by atoms with Crippen molar-refractivity contribution in [3.8, 4) is 0 Å². The molecule has 1 aliphatic heterocycles. The SMILES string of the molecule is Cc1cc2c(cc1[C@@]1(C)C[C@H]1CO)C(C)(C)CC(=O)N2C(C)C. The highest BCUT2D eigenvalue weighted by Crippen LogP contribution is 2.56. The number of aliphatic hydroxyl groups excluding tert-OH is 1. The number of fused-ring (bicyclic) bond motifs is 1. The maximum absolute atomic E-state index is 12.6. The van der Waals surface area contributed by atoms with Gasteiger partial charge >= 0.3 is 0 Å². The fraction of sp³-hybridized carbons (Fsp3) is 0.650. The zero-order chi connectivity index (χ0) is 17.2. The monoisotopic (exact) mass is 315 g/mol. The first-order valence-electron chi connectivity index (χ1n) is 8.70. The normalized spacial score (nSPS) is 29.0. The molecular formula is C20H29NO2. The summed E-state index contributed by atoms with van der Waals surface area (Å²) in [6, 6.07) is 4.69. The van der Waals surface area contributed by atoms with Crippen LogP contribution in [0.15, 0.2) is 12.1 Å². The van der Waals surface area contributed by atoms with Crippen LogP contribution in [-0.4, -0.2) is 23.7 Å². The Labute approximate surface area is 139 Å². The molecule has 1 amide bonds. The van der Waals surface area contributed by atoms with Gasteiger partial charge < -0.3 is 10.0 Å². The van der Waals surface area contributed by atoms with Crippen LogP contribution < -0.4 is 4.90 Å². The molecule has 1 aliphatic carbocycles. The van der Waals surface area contributed by atoms with E-state index in [1.807, 2.05) is 4.90 Å². The molecule has 1 saturated carbocycles. The molecule has 1 aromatic carbocycles. The third kappa shape index (κ3) is 2.40. The molecule has 126 valence electrons. The number of nitrogens with zero attached hydrogens (tertiary/aromatic N) is 1. The molecule has 1 N–H and O–H groups in total. The fourth-order valence-corrected chi connectivity index (χ4v) is 4.36. The van der Waals surface area contributed by atoms with Crippen molar-refractivity contribution < 1.29 is 9.90 Å². The van der Waals surface area contributed by atoms with Crippen LogP contribution in [0.3, 0.4) is 0 Å². The van der Waals surface area contributed by atoms with E-state index in [9.17, 15) is 9.90 Å². The van der Waals surface area contributed by atoms with Crippen molar-refractivity contribution in [2.45, 2.75) is 71.3 Å². The largest absolute Gasteiger partial charge is 0.396 e. The summed E-state index contributed by atoms with van der Waals surface area (Å²) < 4.78 is 0. The van der Waals surface area contributed by atoms with Crippen LogP contribution in [0.5, 0.6) is 0 Å². The minimum Gasteiger partial charge on any atom is -0.396 e. The molecule has 1 aromatic rings. The summed E-state index contributed by atoms with van der Waals surface area (Å²) in [4.78, 5) is 14.6. The molecule has 23 heavy (non-hydrogen) atoms. The van der Waals surface area contributed by atoms with Crippen molar-refractivity contribution in [2.75, 3.05) is 11.5 Å².